The summed E-state index contributed by atoms with van der Waals surface area (Å²) in [5.74, 6) is 2.63. The fourth-order valence-electron chi connectivity index (χ4n) is 8.48. The standard InChI is InChI=1S/C24H31NO4/c25-13-16-7-15(1-2-21(16)26)14-3-5-23(6-4-14)27-24(29-28-23)19-9-17-8-18-10-20(24)12-22(17,18)11-19/h1-2,7,14,17-20,26H,3-6,8-13,25H2/t14-,17?,18?,19?,20?,22?,23+,24?. The van der Waals surface area contributed by atoms with E-state index in [0.717, 1.165) is 43.1 Å². The normalized spacial score (nSPS) is 51.7. The summed E-state index contributed by atoms with van der Waals surface area (Å²) in [4.78, 5) is 12.3. The van der Waals surface area contributed by atoms with Crippen LogP contribution in [0, 0.1) is 29.1 Å². The molecular formula is C24H31NO4. The smallest absolute Gasteiger partial charge is 0.210 e. The van der Waals surface area contributed by atoms with E-state index < -0.39 is 11.6 Å². The fraction of sp³-hybridized carbons (Fsp3) is 0.750. The Morgan fingerprint density at radius 1 is 0.966 bits per heavy atom. The molecule has 3 spiro atoms. The minimum absolute atomic E-state index is 0.292. The second-order valence-electron chi connectivity index (χ2n) is 10.9. The van der Waals surface area contributed by atoms with Crippen LogP contribution in [0.4, 0.5) is 0 Å². The predicted molar refractivity (Wildman–Crippen MR) is 105 cm³/mol. The van der Waals surface area contributed by atoms with Crippen molar-refractivity contribution in [3.63, 3.8) is 0 Å². The summed E-state index contributed by atoms with van der Waals surface area (Å²) in [6.45, 7) is 0.366. The molecule has 5 aliphatic carbocycles. The Morgan fingerprint density at radius 3 is 2.34 bits per heavy atom. The lowest BCUT2D eigenvalue weighted by molar-refractivity contribution is -0.374. The molecule has 5 nitrogen and oxygen atoms in total. The Labute approximate surface area is 171 Å². The van der Waals surface area contributed by atoms with E-state index in [1.807, 2.05) is 6.07 Å². The van der Waals surface area contributed by atoms with Crippen molar-refractivity contribution >= 4 is 0 Å². The van der Waals surface area contributed by atoms with Gasteiger partial charge in [-0.2, -0.15) is 9.78 Å². The number of hydrogen-bond donors (Lipinski definition) is 2. The molecule has 1 heterocycles. The van der Waals surface area contributed by atoms with E-state index in [-0.39, 0.29) is 0 Å². The molecule has 1 saturated heterocycles. The molecule has 3 N–H and O–H groups in total. The number of phenols is 1. The predicted octanol–water partition coefficient (Wildman–Crippen LogP) is 4.34. The first kappa shape index (κ1) is 17.5. The average molecular weight is 398 g/mol. The minimum Gasteiger partial charge on any atom is -0.508 e. The van der Waals surface area contributed by atoms with E-state index in [1.165, 1.54) is 37.7 Å². The Hall–Kier alpha value is -1.14. The lowest BCUT2D eigenvalue weighted by Crippen LogP contribution is -2.50. The number of fused-ring (bicyclic) bond motifs is 4. The molecule has 0 amide bonds. The molecule has 5 heteroatoms. The van der Waals surface area contributed by atoms with Gasteiger partial charge < -0.3 is 15.6 Å². The Balaban J connectivity index is 1.10. The number of aromatic hydroxyl groups is 1. The largest absolute Gasteiger partial charge is 0.508 e. The van der Waals surface area contributed by atoms with Crippen LogP contribution in [0.25, 0.3) is 0 Å². The van der Waals surface area contributed by atoms with Gasteiger partial charge in [-0.3, -0.25) is 0 Å². The quantitative estimate of drug-likeness (QED) is 0.727. The first-order chi connectivity index (χ1) is 14.1. The van der Waals surface area contributed by atoms with Gasteiger partial charge in [0.05, 0.1) is 0 Å². The molecule has 6 fully saturated rings. The zero-order valence-electron chi connectivity index (χ0n) is 16.9. The second-order valence-corrected chi connectivity index (χ2v) is 10.9. The monoisotopic (exact) mass is 397 g/mol. The van der Waals surface area contributed by atoms with Crippen LogP contribution in [0.2, 0.25) is 0 Å². The average Bonchev–Trinajstić information content (AvgIpc) is 3.31. The SMILES string of the molecule is NCc1cc([C@H]2CC[C@]3(CC2)OO[C@]2(O3)C3CC4CC5CC2CC45C3)ccc1O. The maximum atomic E-state index is 9.93. The molecule has 1 aromatic carbocycles. The molecule has 1 aliphatic heterocycles. The molecule has 4 atom stereocenters. The topological polar surface area (TPSA) is 73.9 Å². The maximum absolute atomic E-state index is 9.93. The van der Waals surface area contributed by atoms with Crippen molar-refractivity contribution < 1.29 is 19.6 Å². The van der Waals surface area contributed by atoms with Gasteiger partial charge in [-0.1, -0.05) is 12.1 Å². The molecule has 1 aromatic rings. The molecule has 3 bridgehead atoms. The summed E-state index contributed by atoms with van der Waals surface area (Å²) in [7, 11) is 0. The molecule has 4 unspecified atom stereocenters. The van der Waals surface area contributed by atoms with Crippen LogP contribution in [0.3, 0.4) is 0 Å². The number of phenolic OH excluding ortho intramolecular Hbond substituents is 1. The summed E-state index contributed by atoms with van der Waals surface area (Å²) in [6.07, 6.45) is 10.4. The number of nitrogens with two attached hydrogens (primary N) is 1. The van der Waals surface area contributed by atoms with Gasteiger partial charge in [0.2, 0.25) is 11.6 Å². The van der Waals surface area contributed by atoms with Crippen molar-refractivity contribution in [3.05, 3.63) is 29.3 Å². The molecule has 6 aliphatic rings. The fourth-order valence-corrected chi connectivity index (χ4v) is 8.48. The van der Waals surface area contributed by atoms with Gasteiger partial charge >= 0.3 is 0 Å². The number of ether oxygens (including phenoxy) is 1. The van der Waals surface area contributed by atoms with Gasteiger partial charge in [0.1, 0.15) is 5.75 Å². The van der Waals surface area contributed by atoms with E-state index in [2.05, 4.69) is 6.07 Å². The zero-order chi connectivity index (χ0) is 19.4. The Kier molecular flexibility index (Phi) is 3.36. The molecule has 5 saturated carbocycles. The van der Waals surface area contributed by atoms with E-state index in [0.29, 0.717) is 35.5 Å². The summed E-state index contributed by atoms with van der Waals surface area (Å²) in [6, 6.07) is 5.88. The van der Waals surface area contributed by atoms with Crippen molar-refractivity contribution in [1.82, 2.24) is 0 Å². The van der Waals surface area contributed by atoms with Gasteiger partial charge in [-0.05, 0) is 79.7 Å². The van der Waals surface area contributed by atoms with Crippen molar-refractivity contribution in [2.24, 2.45) is 34.8 Å². The highest BCUT2D eigenvalue weighted by Crippen LogP contribution is 2.79. The summed E-state index contributed by atoms with van der Waals surface area (Å²) < 4.78 is 6.89. The van der Waals surface area contributed by atoms with Crippen LogP contribution in [0.1, 0.15) is 74.8 Å². The van der Waals surface area contributed by atoms with E-state index >= 15 is 0 Å². The lowest BCUT2D eigenvalue weighted by Gasteiger charge is -2.49. The highest BCUT2D eigenvalue weighted by molar-refractivity contribution is 5.37. The van der Waals surface area contributed by atoms with Crippen molar-refractivity contribution in [3.8, 4) is 5.75 Å². The molecule has 7 rings (SSSR count). The van der Waals surface area contributed by atoms with Gasteiger partial charge in [0.15, 0.2) is 0 Å². The van der Waals surface area contributed by atoms with Crippen molar-refractivity contribution in [2.45, 2.75) is 81.8 Å². The van der Waals surface area contributed by atoms with Gasteiger partial charge in [-0.25, -0.2) is 0 Å². The van der Waals surface area contributed by atoms with Crippen LogP contribution in [-0.4, -0.2) is 16.7 Å². The van der Waals surface area contributed by atoms with E-state index in [4.69, 9.17) is 20.2 Å². The van der Waals surface area contributed by atoms with E-state index in [9.17, 15) is 5.11 Å². The van der Waals surface area contributed by atoms with Gasteiger partial charge in [0.25, 0.3) is 0 Å². The zero-order valence-corrected chi connectivity index (χ0v) is 16.9. The summed E-state index contributed by atoms with van der Waals surface area (Å²) in [5.41, 5.74) is 8.52. The number of hydrogen-bond acceptors (Lipinski definition) is 5. The number of benzene rings is 1. The second kappa shape index (κ2) is 5.56. The van der Waals surface area contributed by atoms with Crippen LogP contribution >= 0.6 is 0 Å². The third kappa shape index (κ3) is 2.10. The summed E-state index contributed by atoms with van der Waals surface area (Å²) in [5, 5.41) is 9.93. The minimum atomic E-state index is -0.556. The first-order valence-electron chi connectivity index (χ1n) is 11.6. The summed E-state index contributed by atoms with van der Waals surface area (Å²) >= 11 is 0. The van der Waals surface area contributed by atoms with Gasteiger partial charge in [-0.15, -0.1) is 0 Å². The molecular weight excluding hydrogens is 366 g/mol. The van der Waals surface area contributed by atoms with Crippen LogP contribution < -0.4 is 5.73 Å². The van der Waals surface area contributed by atoms with Crippen LogP contribution in [0.15, 0.2) is 18.2 Å². The van der Waals surface area contributed by atoms with Crippen LogP contribution in [0.5, 0.6) is 5.75 Å². The molecule has 0 aromatic heterocycles. The highest BCUT2D eigenvalue weighted by atomic mass is 17.3. The van der Waals surface area contributed by atoms with Crippen LogP contribution in [-0.2, 0) is 21.1 Å². The third-order valence-corrected chi connectivity index (χ3v) is 9.94. The molecule has 156 valence electrons. The van der Waals surface area contributed by atoms with E-state index in [1.54, 1.807) is 6.07 Å². The molecule has 29 heavy (non-hydrogen) atoms. The third-order valence-electron chi connectivity index (χ3n) is 9.94. The first-order valence-corrected chi connectivity index (χ1v) is 11.6. The highest BCUT2D eigenvalue weighted by Gasteiger charge is 2.77. The Morgan fingerprint density at radius 2 is 1.66 bits per heavy atom. The lowest BCUT2D eigenvalue weighted by atomic mass is 9.56. The van der Waals surface area contributed by atoms with Gasteiger partial charge in [0, 0.05) is 36.8 Å². The molecule has 0 radical (unpaired) electrons. The van der Waals surface area contributed by atoms with Crippen molar-refractivity contribution in [2.75, 3.05) is 0 Å². The maximum Gasteiger partial charge on any atom is 0.210 e. The van der Waals surface area contributed by atoms with Crippen molar-refractivity contribution in [1.29, 1.82) is 0 Å². The number of rotatable bonds is 2. The Bertz CT molecular complexity index is 836.